The van der Waals surface area contributed by atoms with Gasteiger partial charge in [0.05, 0.1) is 6.42 Å². The molecule has 0 aromatic heterocycles. The van der Waals surface area contributed by atoms with Crippen LogP contribution in [-0.4, -0.2) is 69.9 Å². The van der Waals surface area contributed by atoms with Crippen LogP contribution in [0.2, 0.25) is 0 Å². The van der Waals surface area contributed by atoms with E-state index >= 15 is 0 Å². The van der Waals surface area contributed by atoms with Crippen LogP contribution in [0.3, 0.4) is 0 Å². The van der Waals surface area contributed by atoms with Gasteiger partial charge in [-0.05, 0) is 19.3 Å². The second kappa shape index (κ2) is 6.88. The molecule has 1 fully saturated rings. The van der Waals surface area contributed by atoms with Crippen molar-refractivity contribution in [3.05, 3.63) is 0 Å². The Morgan fingerprint density at radius 3 is 2.40 bits per heavy atom. The zero-order chi connectivity index (χ0) is 15.3. The fourth-order valence-corrected chi connectivity index (χ4v) is 2.08. The normalized spacial score (nSPS) is 18.4. The van der Waals surface area contributed by atoms with Gasteiger partial charge in [-0.3, -0.25) is 14.4 Å². The Morgan fingerprint density at radius 1 is 1.20 bits per heavy atom. The van der Waals surface area contributed by atoms with Crippen LogP contribution < -0.4 is 0 Å². The van der Waals surface area contributed by atoms with E-state index in [9.17, 15) is 19.2 Å². The summed E-state index contributed by atoms with van der Waals surface area (Å²) in [5.41, 5.74) is 0. The van der Waals surface area contributed by atoms with Crippen molar-refractivity contribution in [2.24, 2.45) is 0 Å². The van der Waals surface area contributed by atoms with Gasteiger partial charge in [0.15, 0.2) is 0 Å². The molecular weight excluding hydrogens is 268 g/mol. The van der Waals surface area contributed by atoms with Crippen LogP contribution in [0.25, 0.3) is 0 Å². The summed E-state index contributed by atoms with van der Waals surface area (Å²) in [5.74, 6) is -3.96. The van der Waals surface area contributed by atoms with Gasteiger partial charge < -0.3 is 20.0 Å². The summed E-state index contributed by atoms with van der Waals surface area (Å²) in [6.45, 7) is 0.139. The molecule has 0 aromatic carbocycles. The third kappa shape index (κ3) is 3.94. The maximum Gasteiger partial charge on any atom is 0.326 e. The lowest BCUT2D eigenvalue weighted by molar-refractivity contribution is -0.159. The Morgan fingerprint density at radius 2 is 1.85 bits per heavy atom. The molecule has 1 aliphatic heterocycles. The number of rotatable bonds is 4. The van der Waals surface area contributed by atoms with E-state index < -0.39 is 29.8 Å². The van der Waals surface area contributed by atoms with E-state index in [1.807, 2.05) is 0 Å². The summed E-state index contributed by atoms with van der Waals surface area (Å²) in [6, 6.07) is -0.979. The molecule has 1 saturated heterocycles. The number of piperidine rings is 1. The number of nitrogens with zero attached hydrogens (tertiary/aromatic N) is 2. The van der Waals surface area contributed by atoms with E-state index in [1.54, 1.807) is 0 Å². The summed E-state index contributed by atoms with van der Waals surface area (Å²) < 4.78 is 0. The molecule has 0 aliphatic carbocycles. The maximum atomic E-state index is 12.0. The monoisotopic (exact) mass is 286 g/mol. The van der Waals surface area contributed by atoms with Crippen LogP contribution >= 0.6 is 0 Å². The van der Waals surface area contributed by atoms with E-state index in [1.165, 1.54) is 7.05 Å². The maximum absolute atomic E-state index is 12.0. The first kappa shape index (κ1) is 15.9. The van der Waals surface area contributed by atoms with Gasteiger partial charge >= 0.3 is 23.8 Å². The number of carbonyl (C=O) groups excluding carboxylic acids is 2. The first-order valence-corrected chi connectivity index (χ1v) is 6.35. The smallest absolute Gasteiger partial charge is 0.326 e. The van der Waals surface area contributed by atoms with Gasteiger partial charge in [0.2, 0.25) is 0 Å². The van der Waals surface area contributed by atoms with Crippen molar-refractivity contribution in [3.63, 3.8) is 0 Å². The summed E-state index contributed by atoms with van der Waals surface area (Å²) >= 11 is 0. The number of carboxylic acids is 2. The van der Waals surface area contributed by atoms with Gasteiger partial charge in [-0.25, -0.2) is 4.79 Å². The van der Waals surface area contributed by atoms with Crippen LogP contribution in [0.1, 0.15) is 25.7 Å². The van der Waals surface area contributed by atoms with E-state index in [-0.39, 0.29) is 19.5 Å². The molecule has 1 rings (SSSR count). The molecule has 0 spiro atoms. The van der Waals surface area contributed by atoms with Crippen molar-refractivity contribution in [1.29, 1.82) is 0 Å². The highest BCUT2D eigenvalue weighted by atomic mass is 16.4. The molecule has 2 N–H and O–H groups in total. The van der Waals surface area contributed by atoms with Gasteiger partial charge in [-0.1, -0.05) is 0 Å². The van der Waals surface area contributed by atoms with Gasteiger partial charge in [-0.15, -0.1) is 0 Å². The highest BCUT2D eigenvalue weighted by Gasteiger charge is 2.36. The third-order valence-electron chi connectivity index (χ3n) is 3.24. The molecule has 1 aliphatic rings. The molecule has 1 heterocycles. The number of hydrogen-bond acceptors (Lipinski definition) is 4. The minimum Gasteiger partial charge on any atom is -0.481 e. The first-order chi connectivity index (χ1) is 9.34. The number of likely N-dealkylation sites (tertiary alicyclic amines) is 1. The van der Waals surface area contributed by atoms with E-state index in [4.69, 9.17) is 10.2 Å². The van der Waals surface area contributed by atoms with Crippen LogP contribution in [0, 0.1) is 0 Å². The lowest BCUT2D eigenvalue weighted by atomic mass is 10.0. The van der Waals surface area contributed by atoms with Crippen molar-refractivity contribution in [2.45, 2.75) is 31.7 Å². The van der Waals surface area contributed by atoms with Crippen LogP contribution in [0.5, 0.6) is 0 Å². The third-order valence-corrected chi connectivity index (χ3v) is 3.24. The Bertz CT molecular complexity index is 422. The van der Waals surface area contributed by atoms with Crippen molar-refractivity contribution >= 4 is 23.8 Å². The SMILES string of the molecule is CN(CCC(=O)O)C(=O)C(=O)N1CCCC[C@@H]1C(=O)O. The number of likely N-dealkylation sites (N-methyl/N-ethyl adjacent to an activating group) is 1. The highest BCUT2D eigenvalue weighted by Crippen LogP contribution is 2.17. The summed E-state index contributed by atoms with van der Waals surface area (Å²) in [5, 5.41) is 17.6. The zero-order valence-corrected chi connectivity index (χ0v) is 11.2. The van der Waals surface area contributed by atoms with Crippen molar-refractivity contribution in [1.82, 2.24) is 9.80 Å². The standard InChI is InChI=1S/C12H18N2O6/c1-13(7-5-9(15)16)10(17)11(18)14-6-3-2-4-8(14)12(19)20/h8H,2-7H2,1H3,(H,15,16)(H,19,20)/t8-/m1/s1. The van der Waals surface area contributed by atoms with Crippen molar-refractivity contribution in [2.75, 3.05) is 20.1 Å². The average Bonchev–Trinajstić information content (AvgIpc) is 2.42. The molecule has 1 atom stereocenters. The molecule has 112 valence electrons. The van der Waals surface area contributed by atoms with Crippen LogP contribution in [0.15, 0.2) is 0 Å². The topological polar surface area (TPSA) is 115 Å². The lowest BCUT2D eigenvalue weighted by Crippen LogP contribution is -2.53. The van der Waals surface area contributed by atoms with E-state index in [2.05, 4.69) is 0 Å². The van der Waals surface area contributed by atoms with Crippen molar-refractivity contribution < 1.29 is 29.4 Å². The fraction of sp³-hybridized carbons (Fsp3) is 0.667. The van der Waals surface area contributed by atoms with Gasteiger partial charge in [-0.2, -0.15) is 0 Å². The number of aliphatic carboxylic acids is 2. The Hall–Kier alpha value is -2.12. The predicted octanol–water partition coefficient (Wildman–Crippen LogP) is -0.615. The Labute approximate surface area is 116 Å². The fourth-order valence-electron chi connectivity index (χ4n) is 2.08. The molecule has 0 bridgehead atoms. The largest absolute Gasteiger partial charge is 0.481 e. The second-order valence-corrected chi connectivity index (χ2v) is 4.72. The average molecular weight is 286 g/mol. The van der Waals surface area contributed by atoms with Crippen LogP contribution in [-0.2, 0) is 19.2 Å². The summed E-state index contributed by atoms with van der Waals surface area (Å²) in [7, 11) is 1.32. The number of carboxylic acid groups (broad SMARTS) is 2. The second-order valence-electron chi connectivity index (χ2n) is 4.72. The van der Waals surface area contributed by atoms with Crippen molar-refractivity contribution in [3.8, 4) is 0 Å². The molecular formula is C12H18N2O6. The summed E-state index contributed by atoms with van der Waals surface area (Å²) in [4.78, 5) is 47.5. The lowest BCUT2D eigenvalue weighted by Gasteiger charge is -2.33. The predicted molar refractivity (Wildman–Crippen MR) is 66.9 cm³/mol. The first-order valence-electron chi connectivity index (χ1n) is 6.35. The molecule has 20 heavy (non-hydrogen) atoms. The molecule has 8 nitrogen and oxygen atoms in total. The molecule has 0 aromatic rings. The Kier molecular flexibility index (Phi) is 5.48. The van der Waals surface area contributed by atoms with E-state index in [0.29, 0.717) is 19.3 Å². The highest BCUT2D eigenvalue weighted by molar-refractivity contribution is 6.35. The molecule has 2 amide bonds. The Balaban J connectivity index is 2.68. The number of hydrogen-bond donors (Lipinski definition) is 2. The minimum atomic E-state index is -1.13. The molecule has 0 radical (unpaired) electrons. The number of carbonyl (C=O) groups is 4. The molecule has 8 heteroatoms. The summed E-state index contributed by atoms with van der Waals surface area (Å²) in [6.07, 6.45) is 1.41. The van der Waals surface area contributed by atoms with E-state index in [0.717, 1.165) is 9.80 Å². The minimum absolute atomic E-state index is 0.0918. The zero-order valence-electron chi connectivity index (χ0n) is 11.2. The quantitative estimate of drug-likeness (QED) is 0.666. The molecule has 0 unspecified atom stereocenters. The number of amides is 2. The van der Waals surface area contributed by atoms with Gasteiger partial charge in [0.25, 0.3) is 0 Å². The van der Waals surface area contributed by atoms with Gasteiger partial charge in [0.1, 0.15) is 6.04 Å². The van der Waals surface area contributed by atoms with Gasteiger partial charge in [0, 0.05) is 20.1 Å². The van der Waals surface area contributed by atoms with Crippen LogP contribution in [0.4, 0.5) is 0 Å². The molecule has 0 saturated carbocycles.